The lowest BCUT2D eigenvalue weighted by Gasteiger charge is -2.06. The predicted octanol–water partition coefficient (Wildman–Crippen LogP) is 2.23. The highest BCUT2D eigenvalue weighted by atomic mass is 79.9. The smallest absolute Gasteiger partial charge is 0.321 e. The van der Waals surface area contributed by atoms with Crippen LogP contribution in [-0.4, -0.2) is 22.9 Å². The van der Waals surface area contributed by atoms with Crippen LogP contribution in [0.4, 0.5) is 4.39 Å². The van der Waals surface area contributed by atoms with Crippen LogP contribution in [-0.2, 0) is 10.5 Å². The molecule has 0 aliphatic carbocycles. The lowest BCUT2D eigenvalue weighted by molar-refractivity contribution is -0.137. The summed E-state index contributed by atoms with van der Waals surface area (Å²) in [6.45, 7) is 0. The largest absolute Gasteiger partial charge is 0.480 e. The quantitative estimate of drug-likeness (QED) is 0.875. The van der Waals surface area contributed by atoms with Gasteiger partial charge in [-0.15, -0.1) is 0 Å². The summed E-state index contributed by atoms with van der Waals surface area (Å²) in [6.07, 6.45) is 0. The van der Waals surface area contributed by atoms with Gasteiger partial charge in [-0.2, -0.15) is 11.8 Å². The number of hydrogen-bond donors (Lipinski definition) is 2. The molecule has 0 radical (unpaired) electrons. The van der Waals surface area contributed by atoms with Crippen molar-refractivity contribution in [1.29, 1.82) is 0 Å². The van der Waals surface area contributed by atoms with E-state index in [0.717, 1.165) is 0 Å². The number of nitrogens with two attached hydrogens (primary N) is 1. The minimum Gasteiger partial charge on any atom is -0.480 e. The SMILES string of the molecule is NC(CSCc1ccc(Br)cc1F)C(=O)O. The van der Waals surface area contributed by atoms with Crippen LogP contribution in [0.15, 0.2) is 22.7 Å². The van der Waals surface area contributed by atoms with E-state index in [9.17, 15) is 9.18 Å². The molecule has 1 atom stereocenters. The Morgan fingerprint density at radius 2 is 2.31 bits per heavy atom. The van der Waals surface area contributed by atoms with E-state index in [1.165, 1.54) is 17.8 Å². The summed E-state index contributed by atoms with van der Waals surface area (Å²) in [6, 6.07) is 3.89. The van der Waals surface area contributed by atoms with Gasteiger partial charge >= 0.3 is 5.97 Å². The third-order valence-electron chi connectivity index (χ3n) is 1.89. The lowest BCUT2D eigenvalue weighted by Crippen LogP contribution is -2.32. The Hall–Kier alpha value is -0.590. The molecule has 6 heteroatoms. The molecule has 0 bridgehead atoms. The minimum atomic E-state index is -1.04. The number of aliphatic carboxylic acids is 1. The number of carboxylic acid groups (broad SMARTS) is 1. The maximum atomic E-state index is 13.3. The monoisotopic (exact) mass is 307 g/mol. The second kappa shape index (κ2) is 6.22. The lowest BCUT2D eigenvalue weighted by atomic mass is 10.2. The molecule has 0 fully saturated rings. The molecule has 0 aliphatic heterocycles. The van der Waals surface area contributed by atoms with Crippen molar-refractivity contribution in [2.45, 2.75) is 11.8 Å². The van der Waals surface area contributed by atoms with E-state index in [2.05, 4.69) is 15.9 Å². The second-order valence-electron chi connectivity index (χ2n) is 3.20. The molecule has 0 aliphatic rings. The number of carbonyl (C=O) groups is 1. The summed E-state index contributed by atoms with van der Waals surface area (Å²) in [5.41, 5.74) is 5.87. The van der Waals surface area contributed by atoms with Crippen LogP contribution in [0.25, 0.3) is 0 Å². The van der Waals surface area contributed by atoms with Crippen LogP contribution >= 0.6 is 27.7 Å². The minimum absolute atomic E-state index is 0.269. The van der Waals surface area contributed by atoms with Gasteiger partial charge in [0.15, 0.2) is 0 Å². The number of carboxylic acids is 1. The van der Waals surface area contributed by atoms with Crippen molar-refractivity contribution in [2.24, 2.45) is 5.73 Å². The zero-order valence-electron chi connectivity index (χ0n) is 8.32. The Kier molecular flexibility index (Phi) is 5.24. The molecule has 1 unspecified atom stereocenters. The first-order chi connectivity index (χ1) is 7.50. The number of benzene rings is 1. The molecule has 0 spiro atoms. The fraction of sp³-hybridized carbons (Fsp3) is 0.300. The highest BCUT2D eigenvalue weighted by Gasteiger charge is 2.11. The zero-order chi connectivity index (χ0) is 12.1. The van der Waals surface area contributed by atoms with Crippen molar-refractivity contribution < 1.29 is 14.3 Å². The van der Waals surface area contributed by atoms with Crippen molar-refractivity contribution in [3.8, 4) is 0 Å². The van der Waals surface area contributed by atoms with Crippen LogP contribution in [0.5, 0.6) is 0 Å². The van der Waals surface area contributed by atoms with E-state index in [1.807, 2.05) is 0 Å². The standard InChI is InChI=1S/C10H11BrFNO2S/c11-7-2-1-6(8(12)3-7)4-16-5-9(13)10(14)15/h1-3,9H,4-5,13H2,(H,14,15). The van der Waals surface area contributed by atoms with E-state index in [1.54, 1.807) is 12.1 Å². The molecule has 16 heavy (non-hydrogen) atoms. The number of rotatable bonds is 5. The summed E-state index contributed by atoms with van der Waals surface area (Å²) in [5.74, 6) is -0.653. The fourth-order valence-electron chi connectivity index (χ4n) is 1.01. The van der Waals surface area contributed by atoms with Crippen LogP contribution in [0.1, 0.15) is 5.56 Å². The first kappa shape index (κ1) is 13.5. The summed E-state index contributed by atoms with van der Waals surface area (Å²) < 4.78 is 14.0. The number of hydrogen-bond acceptors (Lipinski definition) is 3. The van der Waals surface area contributed by atoms with E-state index in [0.29, 0.717) is 15.8 Å². The molecule has 3 nitrogen and oxygen atoms in total. The second-order valence-corrected chi connectivity index (χ2v) is 5.14. The van der Waals surface area contributed by atoms with Crippen molar-refractivity contribution in [1.82, 2.24) is 0 Å². The first-order valence-electron chi connectivity index (χ1n) is 4.50. The topological polar surface area (TPSA) is 63.3 Å². The van der Waals surface area contributed by atoms with E-state index in [-0.39, 0.29) is 11.6 Å². The van der Waals surface area contributed by atoms with Crippen molar-refractivity contribution in [3.63, 3.8) is 0 Å². The van der Waals surface area contributed by atoms with Crippen LogP contribution < -0.4 is 5.73 Å². The average molecular weight is 308 g/mol. The molecule has 3 N–H and O–H groups in total. The summed E-state index contributed by atoms with van der Waals surface area (Å²) in [7, 11) is 0. The van der Waals surface area contributed by atoms with Gasteiger partial charge in [-0.25, -0.2) is 4.39 Å². The molecule has 1 aromatic rings. The van der Waals surface area contributed by atoms with Gasteiger partial charge in [-0.1, -0.05) is 22.0 Å². The Morgan fingerprint density at radius 1 is 1.62 bits per heavy atom. The van der Waals surface area contributed by atoms with Gasteiger partial charge in [0, 0.05) is 16.0 Å². The van der Waals surface area contributed by atoms with Gasteiger partial charge in [0.05, 0.1) is 0 Å². The summed E-state index contributed by atoms with van der Waals surface area (Å²) in [4.78, 5) is 10.4. The molecule has 0 heterocycles. The van der Waals surface area contributed by atoms with Crippen molar-refractivity contribution in [3.05, 3.63) is 34.1 Å². The van der Waals surface area contributed by atoms with Gasteiger partial charge in [-0.3, -0.25) is 4.79 Å². The van der Waals surface area contributed by atoms with Crippen molar-refractivity contribution in [2.75, 3.05) is 5.75 Å². The number of halogens is 2. The summed E-state index contributed by atoms with van der Waals surface area (Å²) >= 11 is 4.46. The molecule has 1 aromatic carbocycles. The van der Waals surface area contributed by atoms with Crippen LogP contribution in [0.3, 0.4) is 0 Å². The highest BCUT2D eigenvalue weighted by Crippen LogP contribution is 2.19. The Labute approximate surface area is 105 Å². The van der Waals surface area contributed by atoms with E-state index < -0.39 is 12.0 Å². The first-order valence-corrected chi connectivity index (χ1v) is 6.45. The highest BCUT2D eigenvalue weighted by molar-refractivity contribution is 9.10. The molecule has 0 saturated heterocycles. The van der Waals surface area contributed by atoms with Crippen LogP contribution in [0, 0.1) is 5.82 Å². The zero-order valence-corrected chi connectivity index (χ0v) is 10.7. The molecule has 0 saturated carbocycles. The van der Waals surface area contributed by atoms with Gasteiger partial charge in [0.2, 0.25) is 0 Å². The number of thioether (sulfide) groups is 1. The molecule has 1 rings (SSSR count). The summed E-state index contributed by atoms with van der Waals surface area (Å²) in [5, 5.41) is 8.55. The van der Waals surface area contributed by atoms with Crippen molar-refractivity contribution >= 4 is 33.7 Å². The molecule has 0 amide bonds. The van der Waals surface area contributed by atoms with Crippen LogP contribution in [0.2, 0.25) is 0 Å². The Balaban J connectivity index is 2.46. The van der Waals surface area contributed by atoms with Gasteiger partial charge in [-0.05, 0) is 17.7 Å². The Bertz CT molecular complexity index is 389. The molecule has 0 aromatic heterocycles. The normalized spacial score (nSPS) is 12.4. The van der Waals surface area contributed by atoms with Gasteiger partial charge < -0.3 is 10.8 Å². The molecular formula is C10H11BrFNO2S. The third-order valence-corrected chi connectivity index (χ3v) is 3.49. The molecular weight excluding hydrogens is 297 g/mol. The van der Waals surface area contributed by atoms with Gasteiger partial charge in [0.25, 0.3) is 0 Å². The van der Waals surface area contributed by atoms with E-state index >= 15 is 0 Å². The maximum absolute atomic E-state index is 13.3. The maximum Gasteiger partial charge on any atom is 0.321 e. The molecule has 88 valence electrons. The fourth-order valence-corrected chi connectivity index (χ4v) is 2.31. The van der Waals surface area contributed by atoms with Gasteiger partial charge in [0.1, 0.15) is 11.9 Å². The Morgan fingerprint density at radius 3 is 2.88 bits per heavy atom. The third kappa shape index (κ3) is 4.11. The predicted molar refractivity (Wildman–Crippen MR) is 65.9 cm³/mol. The van der Waals surface area contributed by atoms with E-state index in [4.69, 9.17) is 10.8 Å². The average Bonchev–Trinajstić information content (AvgIpc) is 2.20.